The van der Waals surface area contributed by atoms with E-state index >= 15 is 0 Å². The summed E-state index contributed by atoms with van der Waals surface area (Å²) in [6, 6.07) is 8.77. The molecule has 2 heterocycles. The molecule has 30 heavy (non-hydrogen) atoms. The summed E-state index contributed by atoms with van der Waals surface area (Å²) in [6.07, 6.45) is -1.49. The lowest BCUT2D eigenvalue weighted by atomic mass is 9.88. The zero-order valence-corrected chi connectivity index (χ0v) is 15.8. The number of alkyl halides is 3. The first-order valence-electron chi connectivity index (χ1n) is 8.87. The standard InChI is InChI=1S/C20H18F3N3O4/c1-29-17(27)10-15(13-3-2-8-24-11-13)18-16(25-26-19(18)28)9-12-4-6-14(7-5-12)30-20(21,22)23/h2-8,11,15H,9-10H2,1H3,(H2,25,26,28). The normalized spacial score (nSPS) is 12.4. The second-order valence-corrected chi connectivity index (χ2v) is 6.46. The van der Waals surface area contributed by atoms with Crippen molar-refractivity contribution in [1.82, 2.24) is 15.2 Å². The highest BCUT2D eigenvalue weighted by Crippen LogP contribution is 2.29. The highest BCUT2D eigenvalue weighted by Gasteiger charge is 2.31. The summed E-state index contributed by atoms with van der Waals surface area (Å²) in [5.74, 6) is -1.44. The van der Waals surface area contributed by atoms with Crippen molar-refractivity contribution in [1.29, 1.82) is 0 Å². The van der Waals surface area contributed by atoms with Crippen LogP contribution < -0.4 is 10.3 Å². The molecule has 7 nitrogen and oxygen atoms in total. The van der Waals surface area contributed by atoms with Crippen molar-refractivity contribution in [3.8, 4) is 5.75 Å². The van der Waals surface area contributed by atoms with Gasteiger partial charge >= 0.3 is 12.3 Å². The zero-order valence-electron chi connectivity index (χ0n) is 15.8. The molecule has 3 rings (SSSR count). The van der Waals surface area contributed by atoms with Gasteiger partial charge in [-0.25, -0.2) is 0 Å². The number of nitrogens with zero attached hydrogens (tertiary/aromatic N) is 1. The van der Waals surface area contributed by atoms with Crippen LogP contribution in [0.4, 0.5) is 13.2 Å². The summed E-state index contributed by atoms with van der Waals surface area (Å²) in [6.45, 7) is 0. The number of ether oxygens (including phenoxy) is 2. The van der Waals surface area contributed by atoms with E-state index in [1.165, 1.54) is 31.4 Å². The van der Waals surface area contributed by atoms with E-state index in [4.69, 9.17) is 4.74 Å². The average Bonchev–Trinajstić information content (AvgIpc) is 3.07. The van der Waals surface area contributed by atoms with Gasteiger partial charge in [0, 0.05) is 36.0 Å². The second kappa shape index (κ2) is 8.85. The van der Waals surface area contributed by atoms with Crippen LogP contribution in [0.5, 0.6) is 5.75 Å². The Morgan fingerprint density at radius 3 is 2.50 bits per heavy atom. The minimum Gasteiger partial charge on any atom is -0.469 e. The molecule has 1 unspecified atom stereocenters. The Hall–Kier alpha value is -3.56. The Labute approximate surface area is 168 Å². The number of aromatic amines is 2. The Balaban J connectivity index is 1.91. The highest BCUT2D eigenvalue weighted by atomic mass is 19.4. The van der Waals surface area contributed by atoms with E-state index in [0.717, 1.165) is 0 Å². The third-order valence-electron chi connectivity index (χ3n) is 4.47. The van der Waals surface area contributed by atoms with E-state index in [0.29, 0.717) is 22.4 Å². The molecule has 0 amide bonds. The minimum absolute atomic E-state index is 0.0749. The fraction of sp³-hybridized carbons (Fsp3) is 0.250. The van der Waals surface area contributed by atoms with Gasteiger partial charge in [-0.1, -0.05) is 18.2 Å². The van der Waals surface area contributed by atoms with E-state index in [2.05, 4.69) is 19.9 Å². The first-order valence-corrected chi connectivity index (χ1v) is 8.87. The molecule has 3 aromatic rings. The summed E-state index contributed by atoms with van der Waals surface area (Å²) in [4.78, 5) is 28.5. The van der Waals surface area contributed by atoms with E-state index in [1.54, 1.807) is 24.5 Å². The molecule has 0 radical (unpaired) electrons. The molecule has 0 aliphatic carbocycles. The second-order valence-electron chi connectivity index (χ2n) is 6.46. The van der Waals surface area contributed by atoms with Crippen molar-refractivity contribution in [3.63, 3.8) is 0 Å². The molecular weight excluding hydrogens is 403 g/mol. The minimum atomic E-state index is -4.77. The molecule has 0 fully saturated rings. The van der Waals surface area contributed by atoms with Crippen LogP contribution in [0.3, 0.4) is 0 Å². The van der Waals surface area contributed by atoms with Gasteiger partial charge in [-0.3, -0.25) is 19.7 Å². The monoisotopic (exact) mass is 421 g/mol. The lowest BCUT2D eigenvalue weighted by molar-refractivity contribution is -0.274. The van der Waals surface area contributed by atoms with Crippen molar-refractivity contribution < 1.29 is 27.4 Å². The van der Waals surface area contributed by atoms with E-state index < -0.39 is 23.8 Å². The summed E-state index contributed by atoms with van der Waals surface area (Å²) in [5.41, 5.74) is 1.73. The molecule has 0 aliphatic heterocycles. The number of benzene rings is 1. The number of carbonyl (C=O) groups excluding carboxylic acids is 1. The van der Waals surface area contributed by atoms with Crippen LogP contribution in [0.1, 0.15) is 34.7 Å². The maximum Gasteiger partial charge on any atom is 0.573 e. The molecule has 0 saturated heterocycles. The van der Waals surface area contributed by atoms with Gasteiger partial charge in [0.1, 0.15) is 5.75 Å². The predicted molar refractivity (Wildman–Crippen MR) is 100 cm³/mol. The van der Waals surface area contributed by atoms with Gasteiger partial charge in [-0.15, -0.1) is 13.2 Å². The van der Waals surface area contributed by atoms with Crippen LogP contribution in [0.25, 0.3) is 0 Å². The predicted octanol–water partition coefficient (Wildman–Crippen LogP) is 3.28. The van der Waals surface area contributed by atoms with Gasteiger partial charge in [0.05, 0.1) is 13.5 Å². The highest BCUT2D eigenvalue weighted by molar-refractivity contribution is 5.71. The first kappa shape index (κ1) is 21.2. The van der Waals surface area contributed by atoms with E-state index in [9.17, 15) is 22.8 Å². The zero-order chi connectivity index (χ0) is 21.7. The number of H-pyrrole nitrogens is 2. The van der Waals surface area contributed by atoms with Crippen molar-refractivity contribution in [3.05, 3.63) is 81.5 Å². The Bertz CT molecular complexity index is 1040. The molecule has 1 atom stereocenters. The average molecular weight is 421 g/mol. The van der Waals surface area contributed by atoms with Crippen molar-refractivity contribution in [2.75, 3.05) is 7.11 Å². The lowest BCUT2D eigenvalue weighted by Gasteiger charge is -2.16. The SMILES string of the molecule is COC(=O)CC(c1cccnc1)c1c(Cc2ccc(OC(F)(F)F)cc2)[nH][nH]c1=O. The first-order chi connectivity index (χ1) is 14.3. The lowest BCUT2D eigenvalue weighted by Crippen LogP contribution is -2.18. The molecule has 0 aliphatic rings. The number of hydrogen-bond donors (Lipinski definition) is 2. The van der Waals surface area contributed by atoms with Gasteiger partial charge < -0.3 is 14.6 Å². The van der Waals surface area contributed by atoms with Gasteiger partial charge in [-0.2, -0.15) is 0 Å². The number of nitrogens with one attached hydrogen (secondary N) is 2. The third-order valence-corrected chi connectivity index (χ3v) is 4.47. The quantitative estimate of drug-likeness (QED) is 0.571. The summed E-state index contributed by atoms with van der Waals surface area (Å²) >= 11 is 0. The fourth-order valence-corrected chi connectivity index (χ4v) is 3.14. The maximum absolute atomic E-state index is 12.5. The molecule has 0 spiro atoms. The summed E-state index contributed by atoms with van der Waals surface area (Å²) in [5, 5.41) is 5.31. The van der Waals surface area contributed by atoms with Gasteiger partial charge in [-0.05, 0) is 29.3 Å². The number of aromatic nitrogens is 3. The maximum atomic E-state index is 12.5. The number of pyridine rings is 1. The molecule has 1 aromatic carbocycles. The molecule has 0 bridgehead atoms. The largest absolute Gasteiger partial charge is 0.573 e. The number of rotatable bonds is 7. The topological polar surface area (TPSA) is 97.1 Å². The smallest absolute Gasteiger partial charge is 0.469 e. The fourth-order valence-electron chi connectivity index (χ4n) is 3.14. The van der Waals surface area contributed by atoms with Crippen LogP contribution in [-0.4, -0.2) is 34.6 Å². The van der Waals surface area contributed by atoms with E-state index in [-0.39, 0.29) is 18.6 Å². The number of methoxy groups -OCH3 is 1. The summed E-state index contributed by atoms with van der Waals surface area (Å²) < 4.78 is 45.6. The van der Waals surface area contributed by atoms with Crippen LogP contribution >= 0.6 is 0 Å². The molecule has 2 aromatic heterocycles. The number of hydrogen-bond acceptors (Lipinski definition) is 5. The van der Waals surface area contributed by atoms with Crippen LogP contribution in [-0.2, 0) is 16.0 Å². The number of halogens is 3. The summed E-state index contributed by atoms with van der Waals surface area (Å²) in [7, 11) is 1.26. The molecular formula is C20H18F3N3O4. The Morgan fingerprint density at radius 2 is 1.90 bits per heavy atom. The Morgan fingerprint density at radius 1 is 1.17 bits per heavy atom. The van der Waals surface area contributed by atoms with Crippen LogP contribution in [0.2, 0.25) is 0 Å². The van der Waals surface area contributed by atoms with Crippen molar-refractivity contribution in [2.45, 2.75) is 25.1 Å². The van der Waals surface area contributed by atoms with Crippen LogP contribution in [0, 0.1) is 0 Å². The third kappa shape index (κ3) is 5.28. The molecule has 158 valence electrons. The molecule has 10 heteroatoms. The van der Waals surface area contributed by atoms with Crippen LogP contribution in [0.15, 0.2) is 53.6 Å². The van der Waals surface area contributed by atoms with Crippen molar-refractivity contribution in [2.24, 2.45) is 0 Å². The van der Waals surface area contributed by atoms with Gasteiger partial charge in [0.15, 0.2) is 0 Å². The van der Waals surface area contributed by atoms with Gasteiger partial charge in [0.25, 0.3) is 5.56 Å². The van der Waals surface area contributed by atoms with E-state index in [1.807, 2.05) is 0 Å². The Kier molecular flexibility index (Phi) is 6.24. The van der Waals surface area contributed by atoms with Gasteiger partial charge in [0.2, 0.25) is 0 Å². The number of esters is 1. The van der Waals surface area contributed by atoms with Crippen molar-refractivity contribution >= 4 is 5.97 Å². The number of carbonyl (C=O) groups is 1. The molecule has 0 saturated carbocycles. The molecule has 2 N–H and O–H groups in total.